The second kappa shape index (κ2) is 9.00. The molecule has 0 aliphatic rings. The summed E-state index contributed by atoms with van der Waals surface area (Å²) in [5.41, 5.74) is 3.32. The van der Waals surface area contributed by atoms with E-state index in [1.54, 1.807) is 24.4 Å². The molecule has 6 rings (SSSR count). The van der Waals surface area contributed by atoms with Crippen LogP contribution in [-0.2, 0) is 21.1 Å². The molecule has 0 fully saturated rings. The van der Waals surface area contributed by atoms with E-state index in [-0.39, 0.29) is 26.8 Å². The Kier molecular flexibility index (Phi) is 5.87. The molecule has 0 aliphatic heterocycles. The van der Waals surface area contributed by atoms with Gasteiger partial charge < -0.3 is 19.3 Å². The number of aromatic nitrogens is 4. The number of aromatic hydroxyl groups is 1. The Hall–Kier alpha value is -3.96. The molecule has 0 atom stereocenters. The first-order valence-corrected chi connectivity index (χ1v) is 10.8. The van der Waals surface area contributed by atoms with Crippen LogP contribution in [0, 0.1) is 6.07 Å². The summed E-state index contributed by atoms with van der Waals surface area (Å²) < 4.78 is 8.11. The van der Waals surface area contributed by atoms with Crippen molar-refractivity contribution in [3.05, 3.63) is 85.3 Å². The van der Waals surface area contributed by atoms with E-state index in [0.717, 1.165) is 38.7 Å². The number of hydrogen-bond donors (Lipinski definition) is 1. The van der Waals surface area contributed by atoms with Gasteiger partial charge in [0.25, 0.3) is 0 Å². The van der Waals surface area contributed by atoms with Crippen LogP contribution in [0.25, 0.3) is 38.5 Å². The second-order valence-electron chi connectivity index (χ2n) is 8.18. The molecular formula is C27H20N5O2Pt-. The van der Waals surface area contributed by atoms with E-state index in [9.17, 15) is 5.11 Å². The normalized spacial score (nSPS) is 11.0. The van der Waals surface area contributed by atoms with E-state index < -0.39 is 0 Å². The van der Waals surface area contributed by atoms with Crippen molar-refractivity contribution < 1.29 is 30.9 Å². The fraction of sp³-hybridized carbons (Fsp3) is 0.0741. The van der Waals surface area contributed by atoms with E-state index in [2.05, 4.69) is 20.6 Å². The van der Waals surface area contributed by atoms with E-state index in [0.29, 0.717) is 17.1 Å². The van der Waals surface area contributed by atoms with Crippen LogP contribution in [0.4, 0.5) is 5.69 Å². The maximum atomic E-state index is 10.2. The molecule has 0 bridgehead atoms. The fourth-order valence-electron chi connectivity index (χ4n) is 4.12. The molecule has 4 heterocycles. The van der Waals surface area contributed by atoms with Crippen molar-refractivity contribution in [1.82, 2.24) is 19.5 Å². The summed E-state index contributed by atoms with van der Waals surface area (Å²) in [5, 5.41) is 13.0. The van der Waals surface area contributed by atoms with Gasteiger partial charge in [-0.3, -0.25) is 4.98 Å². The van der Waals surface area contributed by atoms with Gasteiger partial charge in [0.2, 0.25) is 5.88 Å². The number of rotatable bonds is 4. The topological polar surface area (TPSA) is 76.3 Å². The SMILES string of the molecule is CN(C)c1ccc(-n2c3[c-]c(Oc4ccc5cccc(O)c5n4)ccc3c3cnccc32)nc1.[Pt]. The maximum Gasteiger partial charge on any atom is 0.217 e. The van der Waals surface area contributed by atoms with Crippen LogP contribution in [0.1, 0.15) is 0 Å². The molecule has 0 saturated carbocycles. The zero-order chi connectivity index (χ0) is 23.2. The van der Waals surface area contributed by atoms with Crippen molar-refractivity contribution in [2.75, 3.05) is 19.0 Å². The van der Waals surface area contributed by atoms with Crippen LogP contribution in [0.15, 0.2) is 79.3 Å². The van der Waals surface area contributed by atoms with Gasteiger partial charge in [-0.25, -0.2) is 9.97 Å². The number of hydrogen-bond acceptors (Lipinski definition) is 6. The third-order valence-electron chi connectivity index (χ3n) is 5.82. The molecule has 4 aromatic heterocycles. The number of phenols is 1. The van der Waals surface area contributed by atoms with Crippen LogP contribution in [0.2, 0.25) is 0 Å². The second-order valence-corrected chi connectivity index (χ2v) is 8.18. The molecule has 6 aromatic rings. The van der Waals surface area contributed by atoms with Gasteiger partial charge in [-0.15, -0.1) is 17.5 Å². The minimum Gasteiger partial charge on any atom is -0.506 e. The Balaban J connectivity index is 0.00000253. The summed E-state index contributed by atoms with van der Waals surface area (Å²) in [6.45, 7) is 0. The van der Waals surface area contributed by atoms with Crippen LogP contribution < -0.4 is 9.64 Å². The van der Waals surface area contributed by atoms with Crippen LogP contribution in [0.5, 0.6) is 17.4 Å². The van der Waals surface area contributed by atoms with Gasteiger partial charge in [0.1, 0.15) is 17.1 Å². The Labute approximate surface area is 215 Å². The van der Waals surface area contributed by atoms with Gasteiger partial charge in [-0.05, 0) is 35.7 Å². The number of pyridine rings is 3. The number of anilines is 1. The summed E-state index contributed by atoms with van der Waals surface area (Å²) in [4.78, 5) is 15.5. The summed E-state index contributed by atoms with van der Waals surface area (Å²) in [6.07, 6.45) is 5.47. The van der Waals surface area contributed by atoms with Gasteiger partial charge >= 0.3 is 0 Å². The summed E-state index contributed by atoms with van der Waals surface area (Å²) in [7, 11) is 3.97. The average Bonchev–Trinajstić information content (AvgIpc) is 3.18. The van der Waals surface area contributed by atoms with Crippen molar-refractivity contribution in [2.45, 2.75) is 0 Å². The number of benzene rings is 2. The van der Waals surface area contributed by atoms with E-state index in [1.165, 1.54) is 0 Å². The number of ether oxygens (including phenoxy) is 1. The Morgan fingerprint density at radius 2 is 1.83 bits per heavy atom. The number of fused-ring (bicyclic) bond motifs is 4. The molecular weight excluding hydrogens is 621 g/mol. The minimum absolute atomic E-state index is 0. The molecule has 176 valence electrons. The molecule has 0 aliphatic carbocycles. The number of nitrogens with zero attached hydrogens (tertiary/aromatic N) is 5. The first kappa shape index (κ1) is 22.8. The molecule has 8 heteroatoms. The zero-order valence-corrected chi connectivity index (χ0v) is 21.2. The fourth-order valence-corrected chi connectivity index (χ4v) is 4.12. The quantitative estimate of drug-likeness (QED) is 0.257. The third kappa shape index (κ3) is 3.98. The van der Waals surface area contributed by atoms with Gasteiger partial charge in [-0.2, -0.15) is 6.07 Å². The third-order valence-corrected chi connectivity index (χ3v) is 5.82. The predicted octanol–water partition coefficient (Wildman–Crippen LogP) is 5.48. The van der Waals surface area contributed by atoms with Crippen molar-refractivity contribution in [2.24, 2.45) is 0 Å². The molecule has 35 heavy (non-hydrogen) atoms. The number of phenolic OH excluding ortho intramolecular Hbond substituents is 1. The first-order valence-electron chi connectivity index (χ1n) is 10.8. The van der Waals surface area contributed by atoms with Gasteiger partial charge in [0.05, 0.1) is 11.9 Å². The molecule has 1 N–H and O–H groups in total. The zero-order valence-electron chi connectivity index (χ0n) is 18.9. The predicted molar refractivity (Wildman–Crippen MR) is 133 cm³/mol. The monoisotopic (exact) mass is 641 g/mol. The summed E-state index contributed by atoms with van der Waals surface area (Å²) in [5.74, 6) is 1.78. The number of para-hydroxylation sites is 1. The van der Waals surface area contributed by atoms with Crippen molar-refractivity contribution in [3.63, 3.8) is 0 Å². The molecule has 0 spiro atoms. The molecule has 7 nitrogen and oxygen atoms in total. The molecule has 2 aromatic carbocycles. The minimum atomic E-state index is 0. The Morgan fingerprint density at radius 3 is 2.63 bits per heavy atom. The van der Waals surface area contributed by atoms with E-state index in [4.69, 9.17) is 9.72 Å². The molecule has 0 saturated heterocycles. The molecule has 0 radical (unpaired) electrons. The smallest absolute Gasteiger partial charge is 0.217 e. The van der Waals surface area contributed by atoms with Gasteiger partial charge in [-0.1, -0.05) is 17.6 Å². The molecule has 0 unspecified atom stereocenters. The van der Waals surface area contributed by atoms with Gasteiger partial charge in [0, 0.05) is 70.3 Å². The average molecular weight is 642 g/mol. The Morgan fingerprint density at radius 1 is 0.943 bits per heavy atom. The van der Waals surface area contributed by atoms with Crippen LogP contribution in [0.3, 0.4) is 0 Å². The molecule has 0 amide bonds. The van der Waals surface area contributed by atoms with Crippen LogP contribution in [-0.4, -0.2) is 38.7 Å². The summed E-state index contributed by atoms with van der Waals surface area (Å²) in [6, 6.07) is 22.2. The van der Waals surface area contributed by atoms with Crippen molar-refractivity contribution in [1.29, 1.82) is 0 Å². The van der Waals surface area contributed by atoms with Crippen molar-refractivity contribution in [3.8, 4) is 23.2 Å². The maximum absolute atomic E-state index is 10.2. The van der Waals surface area contributed by atoms with Crippen molar-refractivity contribution >= 4 is 38.4 Å². The van der Waals surface area contributed by atoms with Crippen LogP contribution >= 0.6 is 0 Å². The van der Waals surface area contributed by atoms with Gasteiger partial charge in [0.15, 0.2) is 0 Å². The standard InChI is InChI=1S/C27H20N5O2.Pt/c1-31(2)18-7-10-25(29-15-18)32-22-12-13-28-16-21(22)20-9-8-19(14-23(20)32)34-26-11-6-17-4-3-5-24(33)27(17)30-26;/h3-13,15-16,33H,1-2H3;/q-1;. The van der Waals surface area contributed by atoms with E-state index in [1.807, 2.05) is 73.9 Å². The van der Waals surface area contributed by atoms with E-state index >= 15 is 0 Å². The first-order chi connectivity index (χ1) is 16.6. The Bertz CT molecular complexity index is 1680. The largest absolute Gasteiger partial charge is 0.506 e. The summed E-state index contributed by atoms with van der Waals surface area (Å²) >= 11 is 0.